The van der Waals surface area contributed by atoms with Crippen LogP contribution in [0.1, 0.15) is 5.56 Å². The Morgan fingerprint density at radius 2 is 2.27 bits per heavy atom. The van der Waals surface area contributed by atoms with E-state index in [1.54, 1.807) is 0 Å². The van der Waals surface area contributed by atoms with E-state index >= 15 is 0 Å². The summed E-state index contributed by atoms with van der Waals surface area (Å²) in [5.41, 5.74) is 11.0. The zero-order valence-electron chi connectivity index (χ0n) is 6.46. The van der Waals surface area contributed by atoms with Crippen LogP contribution >= 0.6 is 0 Å². The molecule has 0 aliphatic rings. The van der Waals surface area contributed by atoms with Gasteiger partial charge in [-0.15, -0.1) is 0 Å². The minimum atomic E-state index is 0.692. The first-order valence-electron chi connectivity index (χ1n) is 3.32. The Balaban J connectivity index is 2.98. The lowest BCUT2D eigenvalue weighted by molar-refractivity contribution is 1.35. The van der Waals surface area contributed by atoms with Gasteiger partial charge in [0, 0.05) is 6.72 Å². The van der Waals surface area contributed by atoms with Crippen molar-refractivity contribution in [1.29, 1.82) is 0 Å². The van der Waals surface area contributed by atoms with Crippen molar-refractivity contribution in [3.05, 3.63) is 23.8 Å². The van der Waals surface area contributed by atoms with Crippen molar-refractivity contribution in [3.8, 4) is 0 Å². The highest BCUT2D eigenvalue weighted by molar-refractivity contribution is 5.66. The Labute approximate surface area is 65.9 Å². The van der Waals surface area contributed by atoms with Crippen molar-refractivity contribution < 1.29 is 0 Å². The standard InChI is InChI=1S/C8H11N3/c1-6-3-4-8(11-10-2)7(9)5-6/h3-5,11H,2,9H2,1H3. The van der Waals surface area contributed by atoms with Gasteiger partial charge in [0.05, 0.1) is 11.4 Å². The van der Waals surface area contributed by atoms with Gasteiger partial charge in [-0.1, -0.05) is 6.07 Å². The molecule has 0 fully saturated rings. The van der Waals surface area contributed by atoms with Gasteiger partial charge in [0.15, 0.2) is 0 Å². The summed E-state index contributed by atoms with van der Waals surface area (Å²) in [5.74, 6) is 0. The summed E-state index contributed by atoms with van der Waals surface area (Å²) in [7, 11) is 0. The maximum Gasteiger partial charge on any atom is 0.0791 e. The van der Waals surface area contributed by atoms with E-state index in [9.17, 15) is 0 Å². The summed E-state index contributed by atoms with van der Waals surface area (Å²) in [6, 6.07) is 5.72. The predicted molar refractivity (Wildman–Crippen MR) is 48.8 cm³/mol. The van der Waals surface area contributed by atoms with E-state index < -0.39 is 0 Å². The average molecular weight is 149 g/mol. The predicted octanol–water partition coefficient (Wildman–Crippen LogP) is 1.60. The van der Waals surface area contributed by atoms with E-state index in [0.717, 1.165) is 11.3 Å². The number of hydrogen-bond acceptors (Lipinski definition) is 3. The zero-order valence-corrected chi connectivity index (χ0v) is 6.46. The van der Waals surface area contributed by atoms with Gasteiger partial charge in [0.1, 0.15) is 0 Å². The molecule has 0 atom stereocenters. The average Bonchev–Trinajstić information content (AvgIpc) is 1.95. The van der Waals surface area contributed by atoms with Crippen molar-refractivity contribution in [3.63, 3.8) is 0 Å². The number of nitrogen functional groups attached to an aromatic ring is 1. The topological polar surface area (TPSA) is 50.4 Å². The smallest absolute Gasteiger partial charge is 0.0791 e. The first-order valence-corrected chi connectivity index (χ1v) is 3.32. The third-order valence-corrected chi connectivity index (χ3v) is 1.41. The molecule has 11 heavy (non-hydrogen) atoms. The second kappa shape index (κ2) is 3.05. The molecule has 1 aromatic carbocycles. The molecule has 3 heteroatoms. The summed E-state index contributed by atoms with van der Waals surface area (Å²) in [5, 5.41) is 3.52. The van der Waals surface area contributed by atoms with Crippen LogP contribution < -0.4 is 11.2 Å². The van der Waals surface area contributed by atoms with Gasteiger partial charge in [0.2, 0.25) is 0 Å². The van der Waals surface area contributed by atoms with Gasteiger partial charge in [-0.3, -0.25) is 5.43 Å². The minimum Gasteiger partial charge on any atom is -0.397 e. The summed E-state index contributed by atoms with van der Waals surface area (Å²) >= 11 is 0. The van der Waals surface area contributed by atoms with Gasteiger partial charge >= 0.3 is 0 Å². The Bertz CT molecular complexity index is 268. The van der Waals surface area contributed by atoms with Crippen LogP contribution in [0.25, 0.3) is 0 Å². The Hall–Kier alpha value is -1.51. The third kappa shape index (κ3) is 1.70. The monoisotopic (exact) mass is 149 g/mol. The van der Waals surface area contributed by atoms with Crippen LogP contribution in [-0.2, 0) is 0 Å². The van der Waals surface area contributed by atoms with Crippen LogP contribution in [0.15, 0.2) is 23.3 Å². The molecule has 0 aliphatic carbocycles. The molecule has 1 aromatic rings. The lowest BCUT2D eigenvalue weighted by Gasteiger charge is -2.03. The lowest BCUT2D eigenvalue weighted by atomic mass is 10.2. The molecular weight excluding hydrogens is 138 g/mol. The molecule has 0 heterocycles. The molecule has 0 aromatic heterocycles. The molecule has 0 aliphatic heterocycles. The largest absolute Gasteiger partial charge is 0.397 e. The summed E-state index contributed by atoms with van der Waals surface area (Å²) in [4.78, 5) is 0. The van der Waals surface area contributed by atoms with Gasteiger partial charge in [-0.2, -0.15) is 5.10 Å². The maximum absolute atomic E-state index is 5.66. The molecule has 0 amide bonds. The Morgan fingerprint density at radius 1 is 1.55 bits per heavy atom. The number of nitrogens with zero attached hydrogens (tertiary/aromatic N) is 1. The summed E-state index contributed by atoms with van der Waals surface area (Å²) in [6.45, 7) is 5.29. The maximum atomic E-state index is 5.66. The molecule has 3 N–H and O–H groups in total. The highest BCUT2D eigenvalue weighted by Gasteiger charge is 1.95. The number of nitrogens with two attached hydrogens (primary N) is 1. The van der Waals surface area contributed by atoms with E-state index in [4.69, 9.17) is 5.73 Å². The highest BCUT2D eigenvalue weighted by Crippen LogP contribution is 2.18. The molecule has 0 spiro atoms. The first-order chi connectivity index (χ1) is 5.24. The number of rotatable bonds is 2. The normalized spacial score (nSPS) is 9.18. The zero-order chi connectivity index (χ0) is 8.27. The quantitative estimate of drug-likeness (QED) is 0.381. The third-order valence-electron chi connectivity index (χ3n) is 1.41. The van der Waals surface area contributed by atoms with Crippen LogP contribution in [0, 0.1) is 6.92 Å². The molecule has 0 bridgehead atoms. The van der Waals surface area contributed by atoms with Crippen LogP contribution in [0.2, 0.25) is 0 Å². The number of benzene rings is 1. The van der Waals surface area contributed by atoms with E-state index in [2.05, 4.69) is 17.2 Å². The van der Waals surface area contributed by atoms with Gasteiger partial charge in [0.25, 0.3) is 0 Å². The Kier molecular flexibility index (Phi) is 2.11. The lowest BCUT2D eigenvalue weighted by Crippen LogP contribution is -1.94. The number of hydrogen-bond donors (Lipinski definition) is 2. The fraction of sp³-hybridized carbons (Fsp3) is 0.125. The van der Waals surface area contributed by atoms with Crippen molar-refractivity contribution in [2.75, 3.05) is 11.2 Å². The van der Waals surface area contributed by atoms with Crippen molar-refractivity contribution >= 4 is 18.1 Å². The second-order valence-corrected chi connectivity index (χ2v) is 2.36. The van der Waals surface area contributed by atoms with E-state index in [0.29, 0.717) is 5.69 Å². The van der Waals surface area contributed by atoms with Gasteiger partial charge < -0.3 is 5.73 Å². The van der Waals surface area contributed by atoms with Gasteiger partial charge in [-0.05, 0) is 24.6 Å². The SMILES string of the molecule is C=NNc1ccc(C)cc1N. The van der Waals surface area contributed by atoms with Crippen LogP contribution in [0.4, 0.5) is 11.4 Å². The van der Waals surface area contributed by atoms with Gasteiger partial charge in [-0.25, -0.2) is 0 Å². The highest BCUT2D eigenvalue weighted by atomic mass is 15.3. The van der Waals surface area contributed by atoms with Crippen LogP contribution in [0.3, 0.4) is 0 Å². The van der Waals surface area contributed by atoms with E-state index in [1.165, 1.54) is 0 Å². The van der Waals surface area contributed by atoms with E-state index in [-0.39, 0.29) is 0 Å². The van der Waals surface area contributed by atoms with Crippen LogP contribution in [-0.4, -0.2) is 6.72 Å². The molecule has 58 valence electrons. The fourth-order valence-electron chi connectivity index (χ4n) is 0.869. The van der Waals surface area contributed by atoms with E-state index in [1.807, 2.05) is 25.1 Å². The number of aryl methyl sites for hydroxylation is 1. The Morgan fingerprint density at radius 3 is 2.82 bits per heavy atom. The van der Waals surface area contributed by atoms with Crippen molar-refractivity contribution in [2.24, 2.45) is 5.10 Å². The summed E-state index contributed by atoms with van der Waals surface area (Å²) in [6.07, 6.45) is 0. The molecule has 3 nitrogen and oxygen atoms in total. The summed E-state index contributed by atoms with van der Waals surface area (Å²) < 4.78 is 0. The van der Waals surface area contributed by atoms with Crippen molar-refractivity contribution in [2.45, 2.75) is 6.92 Å². The first kappa shape index (κ1) is 7.60. The molecule has 0 saturated carbocycles. The van der Waals surface area contributed by atoms with Crippen LogP contribution in [0.5, 0.6) is 0 Å². The molecule has 1 rings (SSSR count). The number of hydrazone groups is 1. The fourth-order valence-corrected chi connectivity index (χ4v) is 0.869. The number of anilines is 2. The number of nitrogens with one attached hydrogen (secondary N) is 1. The minimum absolute atomic E-state index is 0.692. The van der Waals surface area contributed by atoms with Crippen molar-refractivity contribution in [1.82, 2.24) is 0 Å². The molecular formula is C8H11N3. The second-order valence-electron chi connectivity index (χ2n) is 2.36. The molecule has 0 radical (unpaired) electrons. The molecule has 0 unspecified atom stereocenters. The molecule has 0 saturated heterocycles.